The van der Waals surface area contributed by atoms with Crippen LogP contribution >= 0.6 is 24.0 Å². The lowest BCUT2D eigenvalue weighted by Gasteiger charge is -2.06. The van der Waals surface area contributed by atoms with Gasteiger partial charge in [-0.3, -0.25) is 0 Å². The van der Waals surface area contributed by atoms with E-state index >= 15 is 0 Å². The number of ether oxygens (including phenoxy) is 1. The number of guanidine groups is 1. The van der Waals surface area contributed by atoms with E-state index in [1.165, 1.54) is 0 Å². The van der Waals surface area contributed by atoms with Crippen molar-refractivity contribution >= 4 is 35.6 Å². The van der Waals surface area contributed by atoms with E-state index in [1.54, 1.807) is 7.11 Å². The molecule has 1 rings (SSSR count). The van der Waals surface area contributed by atoms with Crippen LogP contribution in [0.25, 0.3) is 0 Å². The zero-order valence-corrected chi connectivity index (χ0v) is 12.2. The first kappa shape index (κ1) is 16.0. The number of hydrogen-bond donors (Lipinski definition) is 3. The highest BCUT2D eigenvalue weighted by Crippen LogP contribution is 2.09. The van der Waals surface area contributed by atoms with Gasteiger partial charge in [0.1, 0.15) is 0 Å². The molecule has 0 aliphatic carbocycles. The van der Waals surface area contributed by atoms with E-state index in [4.69, 9.17) is 16.2 Å². The highest BCUT2D eigenvalue weighted by molar-refractivity contribution is 14.0. The molecule has 1 aromatic carbocycles. The number of anilines is 1. The predicted molar refractivity (Wildman–Crippen MR) is 81.7 cm³/mol. The van der Waals surface area contributed by atoms with Crippen LogP contribution in [0.2, 0.25) is 0 Å². The van der Waals surface area contributed by atoms with Gasteiger partial charge < -0.3 is 21.5 Å². The Labute approximate surface area is 119 Å². The smallest absolute Gasteiger partial charge is 0.186 e. The van der Waals surface area contributed by atoms with Crippen molar-refractivity contribution in [3.63, 3.8) is 0 Å². The molecule has 6 heteroatoms. The van der Waals surface area contributed by atoms with Crippen molar-refractivity contribution < 1.29 is 4.74 Å². The van der Waals surface area contributed by atoms with Crippen molar-refractivity contribution in [2.75, 3.05) is 25.6 Å². The highest BCUT2D eigenvalue weighted by Gasteiger charge is 1.93. The molecule has 0 fully saturated rings. The van der Waals surface area contributed by atoms with Gasteiger partial charge in [0.05, 0.1) is 13.2 Å². The number of methoxy groups -OCH3 is 1. The van der Waals surface area contributed by atoms with E-state index in [0.717, 1.165) is 17.8 Å². The van der Waals surface area contributed by atoms with Crippen LogP contribution in [-0.4, -0.2) is 26.2 Å². The summed E-state index contributed by atoms with van der Waals surface area (Å²) in [5.41, 5.74) is 12.6. The number of benzene rings is 1. The Morgan fingerprint density at radius 2 is 1.94 bits per heavy atom. The van der Waals surface area contributed by atoms with E-state index in [-0.39, 0.29) is 29.9 Å². The lowest BCUT2D eigenvalue weighted by Crippen LogP contribution is -2.22. The van der Waals surface area contributed by atoms with Crippen molar-refractivity contribution in [1.82, 2.24) is 0 Å². The standard InChI is InChI=1S/C11H18N4O.HI/c1-16-7-6-14-10-4-2-9(3-5-10)8-15-11(12)13;/h2-5,14H,6-8H2,1H3,(H4,12,13,15);1H. The third-order valence-electron chi connectivity index (χ3n) is 2.03. The van der Waals surface area contributed by atoms with Gasteiger partial charge in [0, 0.05) is 19.3 Å². The van der Waals surface area contributed by atoms with Crippen LogP contribution in [0.1, 0.15) is 5.56 Å². The summed E-state index contributed by atoms with van der Waals surface area (Å²) in [6.07, 6.45) is 0. The van der Waals surface area contributed by atoms with E-state index in [1.807, 2.05) is 24.3 Å². The molecular weight excluding hydrogens is 331 g/mol. The van der Waals surface area contributed by atoms with Crippen LogP contribution < -0.4 is 16.8 Å². The summed E-state index contributed by atoms with van der Waals surface area (Å²) in [5.74, 6) is 0.113. The van der Waals surface area contributed by atoms with Crippen molar-refractivity contribution in [2.45, 2.75) is 6.54 Å². The maximum absolute atomic E-state index is 5.25. The minimum Gasteiger partial charge on any atom is -0.383 e. The van der Waals surface area contributed by atoms with Gasteiger partial charge in [-0.15, -0.1) is 24.0 Å². The molecule has 0 atom stereocenters. The largest absolute Gasteiger partial charge is 0.383 e. The molecule has 0 saturated heterocycles. The summed E-state index contributed by atoms with van der Waals surface area (Å²) in [7, 11) is 1.68. The fourth-order valence-electron chi connectivity index (χ4n) is 1.21. The van der Waals surface area contributed by atoms with Gasteiger partial charge in [0.15, 0.2) is 5.96 Å². The minimum absolute atomic E-state index is 0. The number of aliphatic imine (C=N–C) groups is 1. The van der Waals surface area contributed by atoms with Crippen LogP contribution in [0.3, 0.4) is 0 Å². The molecule has 0 aromatic heterocycles. The topological polar surface area (TPSA) is 85.7 Å². The van der Waals surface area contributed by atoms with Gasteiger partial charge in [0.2, 0.25) is 0 Å². The molecule has 0 radical (unpaired) electrons. The molecule has 0 spiro atoms. The van der Waals surface area contributed by atoms with Gasteiger partial charge in [-0.1, -0.05) is 12.1 Å². The zero-order valence-electron chi connectivity index (χ0n) is 9.85. The Balaban J connectivity index is 0.00000256. The molecule has 0 amide bonds. The van der Waals surface area contributed by atoms with Crippen molar-refractivity contribution in [3.05, 3.63) is 29.8 Å². The fraction of sp³-hybridized carbons (Fsp3) is 0.364. The molecule has 0 bridgehead atoms. The molecule has 5 N–H and O–H groups in total. The summed E-state index contributed by atoms with van der Waals surface area (Å²) in [6.45, 7) is 2.00. The molecule has 5 nitrogen and oxygen atoms in total. The molecular formula is C11H19IN4O. The number of nitrogens with one attached hydrogen (secondary N) is 1. The summed E-state index contributed by atoms with van der Waals surface area (Å²) in [5, 5.41) is 3.23. The minimum atomic E-state index is 0. The van der Waals surface area contributed by atoms with Crippen LogP contribution in [0.15, 0.2) is 29.3 Å². The molecule has 1 aromatic rings. The average Bonchev–Trinajstić information content (AvgIpc) is 2.28. The first-order valence-corrected chi connectivity index (χ1v) is 5.09. The fourth-order valence-corrected chi connectivity index (χ4v) is 1.21. The Kier molecular flexibility index (Phi) is 8.51. The zero-order chi connectivity index (χ0) is 11.8. The van der Waals surface area contributed by atoms with Crippen molar-refractivity contribution in [1.29, 1.82) is 0 Å². The Morgan fingerprint density at radius 3 is 2.47 bits per heavy atom. The molecule has 0 heterocycles. The third kappa shape index (κ3) is 7.01. The molecule has 0 saturated carbocycles. The van der Waals surface area contributed by atoms with Crippen LogP contribution in [0, 0.1) is 0 Å². The van der Waals surface area contributed by atoms with E-state index in [9.17, 15) is 0 Å². The summed E-state index contributed by atoms with van der Waals surface area (Å²) < 4.78 is 4.94. The van der Waals surface area contributed by atoms with Gasteiger partial charge in [-0.05, 0) is 17.7 Å². The number of halogens is 1. The maximum Gasteiger partial charge on any atom is 0.186 e. The van der Waals surface area contributed by atoms with Gasteiger partial charge >= 0.3 is 0 Å². The van der Waals surface area contributed by atoms with Gasteiger partial charge in [0.25, 0.3) is 0 Å². The van der Waals surface area contributed by atoms with E-state index in [0.29, 0.717) is 13.2 Å². The van der Waals surface area contributed by atoms with Crippen molar-refractivity contribution in [3.8, 4) is 0 Å². The Bertz CT molecular complexity index is 336. The second-order valence-corrected chi connectivity index (χ2v) is 3.36. The predicted octanol–water partition coefficient (Wildman–Crippen LogP) is 1.14. The summed E-state index contributed by atoms with van der Waals surface area (Å²) >= 11 is 0. The monoisotopic (exact) mass is 350 g/mol. The number of hydrogen-bond acceptors (Lipinski definition) is 3. The van der Waals surface area contributed by atoms with Crippen LogP contribution in [0.5, 0.6) is 0 Å². The van der Waals surface area contributed by atoms with E-state index < -0.39 is 0 Å². The molecule has 0 unspecified atom stereocenters. The molecule has 0 aliphatic rings. The second-order valence-electron chi connectivity index (χ2n) is 3.36. The Morgan fingerprint density at radius 1 is 1.29 bits per heavy atom. The quantitative estimate of drug-likeness (QED) is 0.311. The third-order valence-corrected chi connectivity index (χ3v) is 2.03. The highest BCUT2D eigenvalue weighted by atomic mass is 127. The summed E-state index contributed by atoms with van der Waals surface area (Å²) in [6, 6.07) is 7.96. The molecule has 17 heavy (non-hydrogen) atoms. The average molecular weight is 350 g/mol. The number of nitrogens with two attached hydrogens (primary N) is 2. The van der Waals surface area contributed by atoms with Gasteiger partial charge in [-0.25, -0.2) is 4.99 Å². The first-order valence-electron chi connectivity index (χ1n) is 5.09. The van der Waals surface area contributed by atoms with Gasteiger partial charge in [-0.2, -0.15) is 0 Å². The Hall–Kier alpha value is -1.02. The molecule has 96 valence electrons. The van der Waals surface area contributed by atoms with Crippen LogP contribution in [0.4, 0.5) is 5.69 Å². The summed E-state index contributed by atoms with van der Waals surface area (Å²) in [4.78, 5) is 3.93. The number of rotatable bonds is 6. The first-order chi connectivity index (χ1) is 7.72. The normalized spacial score (nSPS) is 9.24. The number of nitrogens with zero attached hydrogens (tertiary/aromatic N) is 1. The molecule has 0 aliphatic heterocycles. The SMILES string of the molecule is COCCNc1ccc(CN=C(N)N)cc1.I. The van der Waals surface area contributed by atoms with Crippen LogP contribution in [-0.2, 0) is 11.3 Å². The van der Waals surface area contributed by atoms with E-state index in [2.05, 4.69) is 10.3 Å². The maximum atomic E-state index is 5.25. The van der Waals surface area contributed by atoms with Crippen molar-refractivity contribution in [2.24, 2.45) is 16.5 Å². The second kappa shape index (κ2) is 9.06. The lowest BCUT2D eigenvalue weighted by atomic mass is 10.2. The lowest BCUT2D eigenvalue weighted by molar-refractivity contribution is 0.211.